The third-order valence-electron chi connectivity index (χ3n) is 3.35. The highest BCUT2D eigenvalue weighted by Crippen LogP contribution is 2.25. The van der Waals surface area contributed by atoms with Crippen LogP contribution >= 0.6 is 11.3 Å². The molecule has 2 heterocycles. The Morgan fingerprint density at radius 2 is 2.10 bits per heavy atom. The number of aromatic nitrogens is 2. The number of hydrogen-bond donors (Lipinski definition) is 0. The lowest BCUT2D eigenvalue weighted by molar-refractivity contribution is 0.0792. The van der Waals surface area contributed by atoms with E-state index in [0.29, 0.717) is 11.5 Å². The minimum Gasteiger partial charge on any atom is -0.341 e. The number of thiazole rings is 1. The Balaban J connectivity index is 2.61. The summed E-state index contributed by atoms with van der Waals surface area (Å²) in [4.78, 5) is 31.5. The Hall–Kier alpha value is -1.69. The molecule has 0 aromatic carbocycles. The van der Waals surface area contributed by atoms with Gasteiger partial charge in [0, 0.05) is 36.3 Å². The lowest BCUT2D eigenvalue weighted by atomic mass is 9.93. The molecule has 114 valence electrons. The van der Waals surface area contributed by atoms with Crippen molar-refractivity contribution in [2.75, 3.05) is 13.6 Å². The summed E-state index contributed by atoms with van der Waals surface area (Å²) in [5, 5.41) is 1.94. The highest BCUT2D eigenvalue weighted by molar-refractivity contribution is 7.15. The van der Waals surface area contributed by atoms with Gasteiger partial charge in [0.05, 0.1) is 0 Å². The first-order chi connectivity index (χ1) is 9.77. The molecule has 0 saturated heterocycles. The van der Waals surface area contributed by atoms with Gasteiger partial charge in [0.25, 0.3) is 11.5 Å². The van der Waals surface area contributed by atoms with Gasteiger partial charge >= 0.3 is 0 Å². The highest BCUT2D eigenvalue weighted by Gasteiger charge is 2.23. The largest absolute Gasteiger partial charge is 0.341 e. The molecule has 1 amide bonds. The maximum absolute atomic E-state index is 12.7. The Labute approximate surface area is 128 Å². The Morgan fingerprint density at radius 1 is 1.43 bits per heavy atom. The zero-order valence-corrected chi connectivity index (χ0v) is 14.0. The number of amides is 1. The normalized spacial score (nSPS) is 11.9. The number of carbonyl (C=O) groups excluding carboxylic acids is 1. The molecule has 2 rings (SSSR count). The van der Waals surface area contributed by atoms with E-state index in [1.54, 1.807) is 16.3 Å². The fourth-order valence-electron chi connectivity index (χ4n) is 2.20. The molecule has 21 heavy (non-hydrogen) atoms. The molecule has 2 aromatic heterocycles. The quantitative estimate of drug-likeness (QED) is 0.875. The maximum Gasteiger partial charge on any atom is 0.271 e. The molecule has 0 unspecified atom stereocenters. The molecule has 0 aliphatic heterocycles. The van der Waals surface area contributed by atoms with Crippen molar-refractivity contribution in [1.82, 2.24) is 14.3 Å². The summed E-state index contributed by atoms with van der Waals surface area (Å²) in [5.74, 6) is -0.269. The average molecular weight is 307 g/mol. The van der Waals surface area contributed by atoms with Crippen LogP contribution in [0.25, 0.3) is 4.96 Å². The van der Waals surface area contributed by atoms with Crippen LogP contribution in [0.2, 0.25) is 0 Å². The van der Waals surface area contributed by atoms with E-state index in [0.717, 1.165) is 12.1 Å². The molecule has 0 spiro atoms. The standard InChI is InChI=1S/C15H21N3O2S/c1-6-7-17(5)12(19)10-8-16-14-18(13(10)20)11(9-21-14)15(2,3)4/h8-9H,6-7H2,1-5H3. The van der Waals surface area contributed by atoms with Crippen LogP contribution in [0.4, 0.5) is 0 Å². The van der Waals surface area contributed by atoms with Gasteiger partial charge in [-0.2, -0.15) is 0 Å². The van der Waals surface area contributed by atoms with Gasteiger partial charge in [-0.25, -0.2) is 4.98 Å². The van der Waals surface area contributed by atoms with E-state index in [-0.39, 0.29) is 22.4 Å². The number of rotatable bonds is 3. The van der Waals surface area contributed by atoms with Gasteiger partial charge in [0.15, 0.2) is 4.96 Å². The Bertz CT molecular complexity index is 725. The first kappa shape index (κ1) is 15.7. The predicted molar refractivity (Wildman–Crippen MR) is 85.3 cm³/mol. The fraction of sp³-hybridized carbons (Fsp3) is 0.533. The summed E-state index contributed by atoms with van der Waals surface area (Å²) >= 11 is 1.42. The molecular formula is C15H21N3O2S. The van der Waals surface area contributed by atoms with Gasteiger partial charge in [-0.15, -0.1) is 11.3 Å². The highest BCUT2D eigenvalue weighted by atomic mass is 32.1. The van der Waals surface area contributed by atoms with Gasteiger partial charge in [-0.1, -0.05) is 27.7 Å². The molecule has 0 bridgehead atoms. The molecule has 0 N–H and O–H groups in total. The molecule has 6 heteroatoms. The maximum atomic E-state index is 12.7. The van der Waals surface area contributed by atoms with Crippen molar-refractivity contribution < 1.29 is 4.79 Å². The molecule has 0 aliphatic carbocycles. The molecule has 0 fully saturated rings. The molecule has 0 radical (unpaired) electrons. The van der Waals surface area contributed by atoms with E-state index in [9.17, 15) is 9.59 Å². The first-order valence-electron chi connectivity index (χ1n) is 7.02. The van der Waals surface area contributed by atoms with Crippen LogP contribution in [-0.2, 0) is 5.41 Å². The zero-order chi connectivity index (χ0) is 15.8. The van der Waals surface area contributed by atoms with E-state index < -0.39 is 0 Å². The summed E-state index contributed by atoms with van der Waals surface area (Å²) in [6.07, 6.45) is 2.25. The van der Waals surface area contributed by atoms with Gasteiger partial charge in [-0.3, -0.25) is 14.0 Å². The molecule has 0 saturated carbocycles. The Kier molecular flexibility index (Phi) is 4.18. The fourth-order valence-corrected chi connectivity index (χ4v) is 3.27. The lowest BCUT2D eigenvalue weighted by Gasteiger charge is -2.18. The van der Waals surface area contributed by atoms with Crippen molar-refractivity contribution in [3.05, 3.63) is 33.2 Å². The molecule has 5 nitrogen and oxygen atoms in total. The van der Waals surface area contributed by atoms with E-state index in [1.807, 2.05) is 33.1 Å². The monoisotopic (exact) mass is 307 g/mol. The van der Waals surface area contributed by atoms with E-state index >= 15 is 0 Å². The number of hydrogen-bond acceptors (Lipinski definition) is 4. The number of fused-ring (bicyclic) bond motifs is 1. The van der Waals surface area contributed by atoms with Crippen molar-refractivity contribution in [2.24, 2.45) is 0 Å². The average Bonchev–Trinajstić information content (AvgIpc) is 2.83. The molecular weight excluding hydrogens is 286 g/mol. The van der Waals surface area contributed by atoms with Crippen molar-refractivity contribution in [3.63, 3.8) is 0 Å². The van der Waals surface area contributed by atoms with Crippen LogP contribution in [0, 0.1) is 0 Å². The van der Waals surface area contributed by atoms with Crippen LogP contribution in [0.5, 0.6) is 0 Å². The number of carbonyl (C=O) groups is 1. The minimum absolute atomic E-state index is 0.132. The van der Waals surface area contributed by atoms with Crippen LogP contribution < -0.4 is 5.56 Å². The zero-order valence-electron chi connectivity index (χ0n) is 13.1. The van der Waals surface area contributed by atoms with Crippen molar-refractivity contribution in [1.29, 1.82) is 0 Å². The SMILES string of the molecule is CCCN(C)C(=O)c1cnc2scc(C(C)(C)C)n2c1=O. The second-order valence-corrected chi connectivity index (χ2v) is 7.03. The topological polar surface area (TPSA) is 54.7 Å². The second kappa shape index (κ2) is 5.60. The van der Waals surface area contributed by atoms with E-state index in [4.69, 9.17) is 0 Å². The van der Waals surface area contributed by atoms with Gasteiger partial charge in [0.1, 0.15) is 5.56 Å². The summed E-state index contributed by atoms with van der Waals surface area (Å²) in [6, 6.07) is 0. The Morgan fingerprint density at radius 3 is 2.67 bits per heavy atom. The van der Waals surface area contributed by atoms with Crippen molar-refractivity contribution in [2.45, 2.75) is 39.5 Å². The third kappa shape index (κ3) is 2.85. The molecule has 0 aliphatic rings. The third-order valence-corrected chi connectivity index (χ3v) is 4.19. The van der Waals surface area contributed by atoms with Crippen LogP contribution in [0.1, 0.15) is 50.2 Å². The first-order valence-corrected chi connectivity index (χ1v) is 7.90. The number of nitrogens with zero attached hydrogens (tertiary/aromatic N) is 3. The minimum atomic E-state index is -0.279. The summed E-state index contributed by atoms with van der Waals surface area (Å²) < 4.78 is 1.57. The van der Waals surface area contributed by atoms with Gasteiger partial charge in [0.2, 0.25) is 0 Å². The van der Waals surface area contributed by atoms with E-state index in [1.165, 1.54) is 17.5 Å². The predicted octanol–water partition coefficient (Wildman–Crippen LogP) is 2.54. The molecule has 2 aromatic rings. The van der Waals surface area contributed by atoms with Crippen LogP contribution in [0.3, 0.4) is 0 Å². The second-order valence-electron chi connectivity index (χ2n) is 6.19. The summed E-state index contributed by atoms with van der Waals surface area (Å²) in [6.45, 7) is 8.74. The van der Waals surface area contributed by atoms with Crippen LogP contribution in [-0.4, -0.2) is 33.8 Å². The summed E-state index contributed by atoms with van der Waals surface area (Å²) in [5.41, 5.74) is 0.556. The van der Waals surface area contributed by atoms with Crippen molar-refractivity contribution in [3.8, 4) is 0 Å². The molecule has 0 atom stereocenters. The smallest absolute Gasteiger partial charge is 0.271 e. The van der Waals surface area contributed by atoms with E-state index in [2.05, 4.69) is 4.98 Å². The van der Waals surface area contributed by atoms with Gasteiger partial charge < -0.3 is 4.90 Å². The summed E-state index contributed by atoms with van der Waals surface area (Å²) in [7, 11) is 1.71. The van der Waals surface area contributed by atoms with Gasteiger partial charge in [-0.05, 0) is 6.42 Å². The lowest BCUT2D eigenvalue weighted by Crippen LogP contribution is -2.34. The van der Waals surface area contributed by atoms with Crippen molar-refractivity contribution >= 4 is 22.2 Å². The van der Waals surface area contributed by atoms with Crippen LogP contribution in [0.15, 0.2) is 16.4 Å².